The Bertz CT molecular complexity index is 519. The number of anilines is 1. The zero-order valence-corrected chi connectivity index (χ0v) is 10.5. The van der Waals surface area contributed by atoms with Crippen LogP contribution >= 0.6 is 0 Å². The molecule has 8 nitrogen and oxygen atoms in total. The zero-order chi connectivity index (χ0) is 14.5. The zero-order valence-electron chi connectivity index (χ0n) is 10.5. The van der Waals surface area contributed by atoms with E-state index in [1.165, 1.54) is 18.3 Å². The van der Waals surface area contributed by atoms with E-state index in [1.54, 1.807) is 0 Å². The minimum absolute atomic E-state index is 0.0167. The van der Waals surface area contributed by atoms with E-state index in [2.05, 4.69) is 20.9 Å². The molecule has 0 saturated carbocycles. The van der Waals surface area contributed by atoms with Gasteiger partial charge in [0.1, 0.15) is 5.69 Å². The fourth-order valence-corrected chi connectivity index (χ4v) is 1.80. The normalized spacial score (nSPS) is 18.0. The number of aromatic nitrogens is 1. The molecular weight excluding hydrogens is 264 g/mol. The van der Waals surface area contributed by atoms with Crippen LogP contribution in [0, 0.1) is 0 Å². The van der Waals surface area contributed by atoms with Gasteiger partial charge in [-0.1, -0.05) is 0 Å². The molecule has 0 bridgehead atoms. The average Bonchev–Trinajstić information content (AvgIpc) is 2.42. The third-order valence-corrected chi connectivity index (χ3v) is 2.84. The van der Waals surface area contributed by atoms with Crippen molar-refractivity contribution in [2.75, 3.05) is 11.9 Å². The molecular formula is C12H14N4O4. The number of carbonyl (C=O) groups excluding carboxylic acids is 2. The number of aromatic carboxylic acids is 1. The lowest BCUT2D eigenvalue weighted by atomic mass is 10.1. The van der Waals surface area contributed by atoms with Gasteiger partial charge < -0.3 is 21.1 Å². The van der Waals surface area contributed by atoms with Crippen molar-refractivity contribution in [3.63, 3.8) is 0 Å². The summed E-state index contributed by atoms with van der Waals surface area (Å²) < 4.78 is 0. The van der Waals surface area contributed by atoms with Crippen LogP contribution in [0.4, 0.5) is 10.5 Å². The van der Waals surface area contributed by atoms with E-state index < -0.39 is 12.0 Å². The lowest BCUT2D eigenvalue weighted by Crippen LogP contribution is -2.48. The molecule has 1 atom stereocenters. The van der Waals surface area contributed by atoms with Crippen molar-refractivity contribution >= 4 is 23.6 Å². The Morgan fingerprint density at radius 3 is 2.75 bits per heavy atom. The van der Waals surface area contributed by atoms with Crippen LogP contribution in [0.15, 0.2) is 18.3 Å². The van der Waals surface area contributed by atoms with Crippen molar-refractivity contribution in [1.29, 1.82) is 0 Å². The molecule has 1 aromatic heterocycles. The number of urea groups is 1. The maximum atomic E-state index is 11.7. The second kappa shape index (κ2) is 6.00. The first-order valence-corrected chi connectivity index (χ1v) is 6.08. The maximum Gasteiger partial charge on any atom is 0.354 e. The summed E-state index contributed by atoms with van der Waals surface area (Å²) in [5, 5.41) is 16.6. The summed E-state index contributed by atoms with van der Waals surface area (Å²) in [6, 6.07) is 2.23. The van der Waals surface area contributed by atoms with Crippen LogP contribution < -0.4 is 16.0 Å². The minimum atomic E-state index is -1.13. The van der Waals surface area contributed by atoms with E-state index in [1.807, 2.05) is 0 Å². The van der Waals surface area contributed by atoms with Gasteiger partial charge in [-0.25, -0.2) is 14.6 Å². The van der Waals surface area contributed by atoms with Crippen LogP contribution in [0.3, 0.4) is 0 Å². The molecule has 2 rings (SSSR count). The highest BCUT2D eigenvalue weighted by molar-refractivity contribution is 5.90. The molecule has 1 aliphatic heterocycles. The summed E-state index contributed by atoms with van der Waals surface area (Å²) in [5.41, 5.74) is 0.304. The Hall–Kier alpha value is -2.64. The third-order valence-electron chi connectivity index (χ3n) is 2.84. The number of carboxylic acids is 1. The summed E-state index contributed by atoms with van der Waals surface area (Å²) in [4.78, 5) is 37.0. The highest BCUT2D eigenvalue weighted by atomic mass is 16.4. The van der Waals surface area contributed by atoms with E-state index in [-0.39, 0.29) is 17.6 Å². The molecule has 1 aliphatic rings. The van der Waals surface area contributed by atoms with E-state index >= 15 is 0 Å². The molecule has 20 heavy (non-hydrogen) atoms. The second-order valence-electron chi connectivity index (χ2n) is 4.38. The van der Waals surface area contributed by atoms with Crippen LogP contribution in [-0.4, -0.2) is 40.6 Å². The van der Waals surface area contributed by atoms with Crippen molar-refractivity contribution in [2.45, 2.75) is 18.9 Å². The van der Waals surface area contributed by atoms with Gasteiger partial charge >= 0.3 is 12.0 Å². The van der Waals surface area contributed by atoms with E-state index in [4.69, 9.17) is 5.11 Å². The first-order valence-electron chi connectivity index (χ1n) is 6.08. The van der Waals surface area contributed by atoms with Crippen molar-refractivity contribution < 1.29 is 19.5 Å². The SMILES string of the molecule is O=C1CCC(NC(=O)Nc2ccc(C(=O)O)nc2)CN1. The average molecular weight is 278 g/mol. The predicted octanol–water partition coefficient (Wildman–Crippen LogP) is 0.180. The molecule has 8 heteroatoms. The van der Waals surface area contributed by atoms with Gasteiger partial charge in [-0.3, -0.25) is 4.79 Å². The Labute approximate surface area is 114 Å². The Morgan fingerprint density at radius 1 is 1.40 bits per heavy atom. The molecule has 0 spiro atoms. The standard InChI is InChI=1S/C12H14N4O4/c17-10-4-2-8(6-14-10)16-12(20)15-7-1-3-9(11(18)19)13-5-7/h1,3,5,8H,2,4,6H2,(H,14,17)(H,18,19)(H2,15,16,20). The van der Waals surface area contributed by atoms with Crippen LogP contribution in [0.2, 0.25) is 0 Å². The van der Waals surface area contributed by atoms with E-state index in [0.717, 1.165) is 0 Å². The van der Waals surface area contributed by atoms with Crippen LogP contribution in [0.5, 0.6) is 0 Å². The molecule has 1 aromatic rings. The van der Waals surface area contributed by atoms with Gasteiger partial charge in [0.25, 0.3) is 0 Å². The van der Waals surface area contributed by atoms with Gasteiger partial charge in [0.15, 0.2) is 0 Å². The topological polar surface area (TPSA) is 120 Å². The maximum absolute atomic E-state index is 11.7. The quantitative estimate of drug-likeness (QED) is 0.628. The summed E-state index contributed by atoms with van der Waals surface area (Å²) >= 11 is 0. The van der Waals surface area contributed by atoms with Crippen molar-refractivity contribution in [3.8, 4) is 0 Å². The number of nitrogens with one attached hydrogen (secondary N) is 3. The number of nitrogens with zero attached hydrogens (tertiary/aromatic N) is 1. The number of carbonyl (C=O) groups is 3. The van der Waals surface area contributed by atoms with Crippen molar-refractivity contribution in [2.24, 2.45) is 0 Å². The largest absolute Gasteiger partial charge is 0.477 e. The molecule has 3 amide bonds. The van der Waals surface area contributed by atoms with Gasteiger partial charge in [0.05, 0.1) is 11.9 Å². The number of piperidine rings is 1. The van der Waals surface area contributed by atoms with Crippen molar-refractivity contribution in [3.05, 3.63) is 24.0 Å². The second-order valence-corrected chi connectivity index (χ2v) is 4.38. The number of pyridine rings is 1. The van der Waals surface area contributed by atoms with E-state index in [9.17, 15) is 14.4 Å². The van der Waals surface area contributed by atoms with Gasteiger partial charge in [0.2, 0.25) is 5.91 Å². The Balaban J connectivity index is 1.85. The minimum Gasteiger partial charge on any atom is -0.477 e. The molecule has 4 N–H and O–H groups in total. The van der Waals surface area contributed by atoms with Gasteiger partial charge in [-0.05, 0) is 18.6 Å². The molecule has 2 heterocycles. The van der Waals surface area contributed by atoms with Gasteiger partial charge in [-0.15, -0.1) is 0 Å². The van der Waals surface area contributed by atoms with Crippen LogP contribution in [-0.2, 0) is 4.79 Å². The highest BCUT2D eigenvalue weighted by Crippen LogP contribution is 2.07. The smallest absolute Gasteiger partial charge is 0.354 e. The third kappa shape index (κ3) is 3.67. The van der Waals surface area contributed by atoms with Gasteiger partial charge in [0, 0.05) is 19.0 Å². The molecule has 1 unspecified atom stereocenters. The van der Waals surface area contributed by atoms with Gasteiger partial charge in [-0.2, -0.15) is 0 Å². The first kappa shape index (κ1) is 13.8. The number of rotatable bonds is 3. The molecule has 1 fully saturated rings. The van der Waals surface area contributed by atoms with Crippen molar-refractivity contribution in [1.82, 2.24) is 15.6 Å². The predicted molar refractivity (Wildman–Crippen MR) is 69.4 cm³/mol. The molecule has 1 saturated heterocycles. The number of hydrogen-bond acceptors (Lipinski definition) is 4. The number of carboxylic acid groups (broad SMARTS) is 1. The highest BCUT2D eigenvalue weighted by Gasteiger charge is 2.19. The Morgan fingerprint density at radius 2 is 2.20 bits per heavy atom. The monoisotopic (exact) mass is 278 g/mol. The Kier molecular flexibility index (Phi) is 4.14. The summed E-state index contributed by atoms with van der Waals surface area (Å²) in [5.74, 6) is -1.14. The van der Waals surface area contributed by atoms with E-state index in [0.29, 0.717) is 25.1 Å². The number of hydrogen-bond donors (Lipinski definition) is 4. The molecule has 0 aliphatic carbocycles. The first-order chi connectivity index (χ1) is 9.54. The van der Waals surface area contributed by atoms with Crippen LogP contribution in [0.25, 0.3) is 0 Å². The molecule has 0 aromatic carbocycles. The fraction of sp³-hybridized carbons (Fsp3) is 0.333. The summed E-state index contributed by atoms with van der Waals surface area (Å²) in [7, 11) is 0. The summed E-state index contributed by atoms with van der Waals surface area (Å²) in [6.45, 7) is 0.405. The molecule has 106 valence electrons. The lowest BCUT2D eigenvalue weighted by Gasteiger charge is -2.23. The molecule has 0 radical (unpaired) electrons. The summed E-state index contributed by atoms with van der Waals surface area (Å²) in [6.07, 6.45) is 2.25. The fourth-order valence-electron chi connectivity index (χ4n) is 1.80. The number of amides is 3. The van der Waals surface area contributed by atoms with Crippen LogP contribution in [0.1, 0.15) is 23.3 Å². The lowest BCUT2D eigenvalue weighted by molar-refractivity contribution is -0.122.